The highest BCUT2D eigenvalue weighted by Gasteiger charge is 2.30. The van der Waals surface area contributed by atoms with Gasteiger partial charge in [-0.05, 0) is 37.5 Å². The number of halogens is 2. The van der Waals surface area contributed by atoms with Crippen LogP contribution in [-0.2, 0) is 11.2 Å². The molecule has 0 spiro atoms. The van der Waals surface area contributed by atoms with Gasteiger partial charge in [-0.2, -0.15) is 0 Å². The van der Waals surface area contributed by atoms with E-state index >= 15 is 0 Å². The number of carboxylic acid groups (broad SMARTS) is 1. The first-order valence-corrected chi connectivity index (χ1v) is 7.84. The molecule has 6 heteroatoms. The molecular formula is C14H11BrFNO2S. The summed E-state index contributed by atoms with van der Waals surface area (Å²) in [5.41, 5.74) is 1.34. The van der Waals surface area contributed by atoms with Gasteiger partial charge in [0.2, 0.25) is 0 Å². The monoisotopic (exact) mass is 355 g/mol. The average molecular weight is 356 g/mol. The Kier molecular flexibility index (Phi) is 3.60. The summed E-state index contributed by atoms with van der Waals surface area (Å²) in [6.45, 7) is 0. The normalized spacial score (nSPS) is 17.8. The van der Waals surface area contributed by atoms with Gasteiger partial charge in [0.05, 0.1) is 11.6 Å². The number of fused-ring (bicyclic) bond motifs is 1. The van der Waals surface area contributed by atoms with Crippen molar-refractivity contribution < 1.29 is 14.3 Å². The Bertz CT molecular complexity index is 666. The van der Waals surface area contributed by atoms with Crippen LogP contribution in [0.2, 0.25) is 0 Å². The van der Waals surface area contributed by atoms with E-state index in [1.165, 1.54) is 23.5 Å². The fourth-order valence-corrected chi connectivity index (χ4v) is 4.08. The third-order valence-electron chi connectivity index (χ3n) is 3.36. The summed E-state index contributed by atoms with van der Waals surface area (Å²) < 4.78 is 14.1. The van der Waals surface area contributed by atoms with Crippen LogP contribution < -0.4 is 0 Å². The van der Waals surface area contributed by atoms with Crippen molar-refractivity contribution in [2.24, 2.45) is 0 Å². The molecule has 0 saturated carbocycles. The minimum absolute atomic E-state index is 0.336. The number of aromatic nitrogens is 1. The second-order valence-corrected chi connectivity index (χ2v) is 6.77. The lowest BCUT2D eigenvalue weighted by Crippen LogP contribution is -2.17. The first kappa shape index (κ1) is 13.7. The second-order valence-electron chi connectivity index (χ2n) is 4.77. The topological polar surface area (TPSA) is 50.2 Å². The Morgan fingerprint density at radius 3 is 2.95 bits per heavy atom. The molecule has 1 aromatic heterocycles. The van der Waals surface area contributed by atoms with Crippen LogP contribution in [0, 0.1) is 5.82 Å². The zero-order valence-electron chi connectivity index (χ0n) is 10.4. The molecule has 1 atom stereocenters. The number of carboxylic acids is 1. The standard InChI is InChI=1S/C14H11BrFNO2S/c15-8-4-7(5-9(16)6-8)13-17-12-10(14(18)19)2-1-3-11(12)20-13/h4-6,10H,1-3H2,(H,18,19). The minimum Gasteiger partial charge on any atom is -0.481 e. The summed E-state index contributed by atoms with van der Waals surface area (Å²) >= 11 is 4.72. The van der Waals surface area contributed by atoms with Crippen molar-refractivity contribution in [1.29, 1.82) is 0 Å². The molecule has 0 bridgehead atoms. The van der Waals surface area contributed by atoms with Gasteiger partial charge in [0.1, 0.15) is 10.8 Å². The molecule has 20 heavy (non-hydrogen) atoms. The highest BCUT2D eigenvalue weighted by atomic mass is 79.9. The Morgan fingerprint density at radius 2 is 2.25 bits per heavy atom. The van der Waals surface area contributed by atoms with E-state index in [0.29, 0.717) is 27.2 Å². The van der Waals surface area contributed by atoms with Crippen molar-refractivity contribution in [2.75, 3.05) is 0 Å². The van der Waals surface area contributed by atoms with Crippen LogP contribution in [0.1, 0.15) is 29.3 Å². The van der Waals surface area contributed by atoms with E-state index in [0.717, 1.165) is 17.7 Å². The van der Waals surface area contributed by atoms with Crippen LogP contribution in [-0.4, -0.2) is 16.1 Å². The molecule has 0 aliphatic heterocycles. The lowest BCUT2D eigenvalue weighted by atomic mass is 9.91. The molecule has 1 N–H and O–H groups in total. The predicted octanol–water partition coefficient (Wildman–Crippen LogP) is 4.22. The summed E-state index contributed by atoms with van der Waals surface area (Å²) in [6.07, 6.45) is 2.34. The minimum atomic E-state index is -0.830. The van der Waals surface area contributed by atoms with Crippen molar-refractivity contribution in [2.45, 2.75) is 25.2 Å². The molecular weight excluding hydrogens is 345 g/mol. The average Bonchev–Trinajstić information content (AvgIpc) is 2.80. The molecule has 0 fully saturated rings. The van der Waals surface area contributed by atoms with E-state index in [9.17, 15) is 14.3 Å². The SMILES string of the molecule is O=C(O)C1CCCc2sc(-c3cc(F)cc(Br)c3)nc21. The van der Waals surface area contributed by atoms with Gasteiger partial charge in [-0.1, -0.05) is 15.9 Å². The maximum atomic E-state index is 13.5. The summed E-state index contributed by atoms with van der Waals surface area (Å²) in [7, 11) is 0. The van der Waals surface area contributed by atoms with Crippen LogP contribution in [0.15, 0.2) is 22.7 Å². The maximum absolute atomic E-state index is 13.5. The Balaban J connectivity index is 2.06. The van der Waals surface area contributed by atoms with E-state index in [-0.39, 0.29) is 5.82 Å². The number of carbonyl (C=O) groups is 1. The van der Waals surface area contributed by atoms with E-state index in [2.05, 4.69) is 20.9 Å². The molecule has 1 aliphatic carbocycles. The van der Waals surface area contributed by atoms with E-state index < -0.39 is 11.9 Å². The van der Waals surface area contributed by atoms with Gasteiger partial charge in [-0.3, -0.25) is 4.79 Å². The van der Waals surface area contributed by atoms with Gasteiger partial charge in [0, 0.05) is 14.9 Å². The molecule has 0 saturated heterocycles. The molecule has 0 radical (unpaired) electrons. The summed E-state index contributed by atoms with van der Waals surface area (Å²) in [6, 6.07) is 4.60. The van der Waals surface area contributed by atoms with Gasteiger partial charge in [0.25, 0.3) is 0 Å². The second kappa shape index (κ2) is 5.26. The van der Waals surface area contributed by atoms with Gasteiger partial charge in [-0.25, -0.2) is 9.37 Å². The third kappa shape index (κ3) is 2.50. The molecule has 3 rings (SSSR count). The number of aryl methyl sites for hydroxylation is 1. The van der Waals surface area contributed by atoms with Crippen LogP contribution in [0.3, 0.4) is 0 Å². The van der Waals surface area contributed by atoms with Gasteiger partial charge < -0.3 is 5.11 Å². The number of nitrogens with zero attached hydrogens (tertiary/aromatic N) is 1. The molecule has 1 aromatic carbocycles. The third-order valence-corrected chi connectivity index (χ3v) is 5.00. The van der Waals surface area contributed by atoms with Crippen molar-refractivity contribution in [3.63, 3.8) is 0 Å². The van der Waals surface area contributed by atoms with E-state index in [1.54, 1.807) is 6.07 Å². The largest absolute Gasteiger partial charge is 0.481 e. The lowest BCUT2D eigenvalue weighted by Gasteiger charge is -2.16. The van der Waals surface area contributed by atoms with Gasteiger partial charge in [0.15, 0.2) is 0 Å². The molecule has 2 aromatic rings. The van der Waals surface area contributed by atoms with E-state index in [4.69, 9.17) is 0 Å². The lowest BCUT2D eigenvalue weighted by molar-refractivity contribution is -0.139. The number of hydrogen-bond acceptors (Lipinski definition) is 3. The van der Waals surface area contributed by atoms with Crippen molar-refractivity contribution in [1.82, 2.24) is 4.98 Å². The quantitative estimate of drug-likeness (QED) is 0.877. The molecule has 3 nitrogen and oxygen atoms in total. The fraction of sp³-hybridized carbons (Fsp3) is 0.286. The molecule has 1 unspecified atom stereocenters. The van der Waals surface area contributed by atoms with Gasteiger partial charge >= 0.3 is 5.97 Å². The molecule has 104 valence electrons. The van der Waals surface area contributed by atoms with Crippen molar-refractivity contribution >= 4 is 33.2 Å². The fourth-order valence-electron chi connectivity index (χ4n) is 2.46. The van der Waals surface area contributed by atoms with Crippen molar-refractivity contribution in [3.05, 3.63) is 39.1 Å². The van der Waals surface area contributed by atoms with Crippen molar-refractivity contribution in [3.8, 4) is 10.6 Å². The number of hydrogen-bond donors (Lipinski definition) is 1. The zero-order valence-corrected chi connectivity index (χ0v) is 12.8. The summed E-state index contributed by atoms with van der Waals surface area (Å²) in [5.74, 6) is -1.69. The van der Waals surface area contributed by atoms with Crippen LogP contribution >= 0.6 is 27.3 Å². The first-order valence-electron chi connectivity index (χ1n) is 6.23. The summed E-state index contributed by atoms with van der Waals surface area (Å²) in [4.78, 5) is 16.7. The Hall–Kier alpha value is -1.27. The van der Waals surface area contributed by atoms with E-state index in [1.807, 2.05) is 0 Å². The molecule has 0 amide bonds. The first-order chi connectivity index (χ1) is 9.54. The Morgan fingerprint density at radius 1 is 1.45 bits per heavy atom. The number of aliphatic carboxylic acids is 1. The maximum Gasteiger partial charge on any atom is 0.312 e. The summed E-state index contributed by atoms with van der Waals surface area (Å²) in [5, 5.41) is 9.93. The van der Waals surface area contributed by atoms with Crippen LogP contribution in [0.4, 0.5) is 4.39 Å². The molecule has 1 heterocycles. The number of rotatable bonds is 2. The zero-order chi connectivity index (χ0) is 14.3. The van der Waals surface area contributed by atoms with Crippen LogP contribution in [0.5, 0.6) is 0 Å². The number of benzene rings is 1. The number of thiazole rings is 1. The van der Waals surface area contributed by atoms with Crippen LogP contribution in [0.25, 0.3) is 10.6 Å². The Labute approximate surface area is 127 Å². The van der Waals surface area contributed by atoms with Gasteiger partial charge in [-0.15, -0.1) is 11.3 Å². The predicted molar refractivity (Wildman–Crippen MR) is 78.5 cm³/mol. The highest BCUT2D eigenvalue weighted by molar-refractivity contribution is 9.10. The smallest absolute Gasteiger partial charge is 0.312 e. The molecule has 1 aliphatic rings. The highest BCUT2D eigenvalue weighted by Crippen LogP contribution is 2.38.